The maximum atomic E-state index is 13.5. The summed E-state index contributed by atoms with van der Waals surface area (Å²) in [6.07, 6.45) is -6.17. The highest BCUT2D eigenvalue weighted by molar-refractivity contribution is 5.67. The van der Waals surface area contributed by atoms with Gasteiger partial charge in [0.2, 0.25) is 0 Å². The smallest absolute Gasteiger partial charge is 0.422 e. The van der Waals surface area contributed by atoms with E-state index in [2.05, 4.69) is 4.74 Å². The van der Waals surface area contributed by atoms with Gasteiger partial charge in [0.15, 0.2) is 6.61 Å². The number of alkyl carbamates (subject to hydrolysis) is 1. The van der Waals surface area contributed by atoms with E-state index < -0.39 is 37.4 Å². The first-order valence-electron chi connectivity index (χ1n) is 5.63. The minimum Gasteiger partial charge on any atom is -0.440 e. The van der Waals surface area contributed by atoms with Crippen molar-refractivity contribution in [2.24, 2.45) is 0 Å². The van der Waals surface area contributed by atoms with E-state index in [4.69, 9.17) is 0 Å². The van der Waals surface area contributed by atoms with Crippen molar-refractivity contribution in [1.82, 2.24) is 10.2 Å². The second kappa shape index (κ2) is 5.48. The van der Waals surface area contributed by atoms with Crippen molar-refractivity contribution in [1.29, 1.82) is 0 Å². The molecule has 9 heteroatoms. The molecule has 0 aromatic carbocycles. The molecule has 0 saturated carbocycles. The Balaban J connectivity index is 2.50. The largest absolute Gasteiger partial charge is 0.440 e. The van der Waals surface area contributed by atoms with Crippen LogP contribution in [0.5, 0.6) is 0 Å². The van der Waals surface area contributed by atoms with E-state index in [1.54, 1.807) is 19.2 Å². The first-order chi connectivity index (χ1) is 8.51. The predicted octanol–water partition coefficient (Wildman–Crippen LogP) is 2.00. The number of likely N-dealkylation sites (tertiary alicyclic amines) is 1. The minimum absolute atomic E-state index is 0.133. The Morgan fingerprint density at radius 2 is 2.05 bits per heavy atom. The Morgan fingerprint density at radius 1 is 1.47 bits per heavy atom. The molecular weight excluding hydrogens is 275 g/mol. The average molecular weight is 290 g/mol. The maximum Gasteiger partial charge on any atom is 0.422 e. The summed E-state index contributed by atoms with van der Waals surface area (Å²) < 4.78 is 66.2. The molecule has 112 valence electrons. The lowest BCUT2D eigenvalue weighted by Crippen LogP contribution is -2.47. The minimum atomic E-state index is -4.68. The molecule has 1 N–H and O–H groups in total. The number of carbonyl (C=O) groups excluding carboxylic acids is 1. The molecule has 1 unspecified atom stereocenters. The van der Waals surface area contributed by atoms with Gasteiger partial charge < -0.3 is 10.1 Å². The van der Waals surface area contributed by atoms with Crippen LogP contribution < -0.4 is 5.32 Å². The fraction of sp³-hybridized carbons (Fsp3) is 0.900. The van der Waals surface area contributed by atoms with E-state index in [1.165, 1.54) is 4.90 Å². The normalized spacial score (nSPS) is 23.7. The SMILES string of the molecule is CC(C)N1CC(NC(=O)OCC(F)(F)F)C(F)(F)C1. The van der Waals surface area contributed by atoms with Gasteiger partial charge in [0.1, 0.15) is 6.04 Å². The Bertz CT molecular complexity index is 332. The van der Waals surface area contributed by atoms with E-state index in [1.807, 2.05) is 0 Å². The van der Waals surface area contributed by atoms with E-state index >= 15 is 0 Å². The summed E-state index contributed by atoms with van der Waals surface area (Å²) in [6, 6.07) is -1.69. The number of nitrogens with one attached hydrogen (secondary N) is 1. The highest BCUT2D eigenvalue weighted by atomic mass is 19.4. The number of alkyl halides is 5. The van der Waals surface area contributed by atoms with Crippen LogP contribution in [-0.4, -0.2) is 54.9 Å². The summed E-state index contributed by atoms with van der Waals surface area (Å²) in [5, 5.41) is 1.77. The van der Waals surface area contributed by atoms with Crippen LogP contribution in [0.25, 0.3) is 0 Å². The van der Waals surface area contributed by atoms with Gasteiger partial charge >= 0.3 is 12.3 Å². The van der Waals surface area contributed by atoms with E-state index in [9.17, 15) is 26.7 Å². The van der Waals surface area contributed by atoms with Gasteiger partial charge in [0, 0.05) is 12.6 Å². The number of hydrogen-bond donors (Lipinski definition) is 1. The summed E-state index contributed by atoms with van der Waals surface area (Å²) in [5.41, 5.74) is 0. The van der Waals surface area contributed by atoms with Crippen LogP contribution in [-0.2, 0) is 4.74 Å². The van der Waals surface area contributed by atoms with Gasteiger partial charge in [-0.1, -0.05) is 0 Å². The Morgan fingerprint density at radius 3 is 2.47 bits per heavy atom. The Hall–Kier alpha value is -1.12. The lowest BCUT2D eigenvalue weighted by molar-refractivity contribution is -0.160. The molecule has 0 aromatic heterocycles. The number of carbonyl (C=O) groups is 1. The second-order valence-corrected chi connectivity index (χ2v) is 4.67. The van der Waals surface area contributed by atoms with Crippen LogP contribution in [0.1, 0.15) is 13.8 Å². The quantitative estimate of drug-likeness (QED) is 0.808. The molecule has 1 fully saturated rings. The number of ether oxygens (including phenoxy) is 1. The number of rotatable bonds is 3. The van der Waals surface area contributed by atoms with Crippen LogP contribution in [0.3, 0.4) is 0 Å². The third-order valence-electron chi connectivity index (χ3n) is 2.73. The van der Waals surface area contributed by atoms with E-state index in [0.717, 1.165) is 0 Å². The molecule has 0 aliphatic carbocycles. The Kier molecular flexibility index (Phi) is 4.59. The monoisotopic (exact) mass is 290 g/mol. The lowest BCUT2D eigenvalue weighted by atomic mass is 10.2. The standard InChI is InChI=1S/C10H15F5N2O2/c1-6(2)17-3-7(9(11,12)4-17)16-8(18)19-5-10(13,14)15/h6-7H,3-5H2,1-2H3,(H,16,18). The molecule has 0 bridgehead atoms. The van der Waals surface area contributed by atoms with Crippen molar-refractivity contribution in [3.8, 4) is 0 Å². The van der Waals surface area contributed by atoms with Crippen LogP contribution in [0, 0.1) is 0 Å². The lowest BCUT2D eigenvalue weighted by Gasteiger charge is -2.19. The molecule has 1 saturated heterocycles. The topological polar surface area (TPSA) is 41.6 Å². The molecular formula is C10H15F5N2O2. The fourth-order valence-electron chi connectivity index (χ4n) is 1.69. The molecule has 1 aliphatic rings. The summed E-state index contributed by atoms with van der Waals surface area (Å²) in [5.74, 6) is -3.19. The van der Waals surface area contributed by atoms with Crippen LogP contribution >= 0.6 is 0 Å². The molecule has 0 radical (unpaired) electrons. The van der Waals surface area contributed by atoms with Gasteiger partial charge in [-0.2, -0.15) is 13.2 Å². The van der Waals surface area contributed by atoms with Crippen molar-refractivity contribution in [2.75, 3.05) is 19.7 Å². The predicted molar refractivity (Wildman–Crippen MR) is 56.0 cm³/mol. The molecule has 1 amide bonds. The van der Waals surface area contributed by atoms with Crippen LogP contribution in [0.4, 0.5) is 26.7 Å². The fourth-order valence-corrected chi connectivity index (χ4v) is 1.69. The third-order valence-corrected chi connectivity index (χ3v) is 2.73. The maximum absolute atomic E-state index is 13.5. The molecule has 1 aliphatic heterocycles. The molecule has 4 nitrogen and oxygen atoms in total. The average Bonchev–Trinajstić information content (AvgIpc) is 2.51. The summed E-state index contributed by atoms with van der Waals surface area (Å²) in [4.78, 5) is 12.5. The zero-order chi connectivity index (χ0) is 14.8. The van der Waals surface area contributed by atoms with Gasteiger partial charge in [-0.05, 0) is 13.8 Å². The number of nitrogens with zero attached hydrogens (tertiary/aromatic N) is 1. The molecule has 1 heterocycles. The molecule has 0 aromatic rings. The first kappa shape index (κ1) is 15.9. The number of halogens is 5. The number of amides is 1. The molecule has 1 rings (SSSR count). The molecule has 1 atom stereocenters. The third kappa shape index (κ3) is 4.81. The van der Waals surface area contributed by atoms with E-state index in [-0.39, 0.29) is 12.6 Å². The van der Waals surface area contributed by atoms with Gasteiger partial charge in [-0.25, -0.2) is 13.6 Å². The van der Waals surface area contributed by atoms with Crippen molar-refractivity contribution >= 4 is 6.09 Å². The van der Waals surface area contributed by atoms with Gasteiger partial charge in [0.05, 0.1) is 6.54 Å². The van der Waals surface area contributed by atoms with E-state index in [0.29, 0.717) is 0 Å². The first-order valence-corrected chi connectivity index (χ1v) is 5.63. The van der Waals surface area contributed by atoms with Gasteiger partial charge in [-0.3, -0.25) is 4.90 Å². The second-order valence-electron chi connectivity index (χ2n) is 4.67. The van der Waals surface area contributed by atoms with Crippen molar-refractivity contribution in [2.45, 2.75) is 38.0 Å². The summed E-state index contributed by atoms with van der Waals surface area (Å²) in [6.45, 7) is 0.937. The summed E-state index contributed by atoms with van der Waals surface area (Å²) in [7, 11) is 0. The van der Waals surface area contributed by atoms with Crippen LogP contribution in [0.15, 0.2) is 0 Å². The van der Waals surface area contributed by atoms with Crippen molar-refractivity contribution in [3.05, 3.63) is 0 Å². The van der Waals surface area contributed by atoms with Gasteiger partial charge in [-0.15, -0.1) is 0 Å². The van der Waals surface area contributed by atoms with Crippen molar-refractivity contribution < 1.29 is 31.5 Å². The molecule has 19 heavy (non-hydrogen) atoms. The van der Waals surface area contributed by atoms with Crippen LogP contribution in [0.2, 0.25) is 0 Å². The highest BCUT2D eigenvalue weighted by Gasteiger charge is 2.49. The zero-order valence-corrected chi connectivity index (χ0v) is 10.4. The zero-order valence-electron chi connectivity index (χ0n) is 10.4. The highest BCUT2D eigenvalue weighted by Crippen LogP contribution is 2.29. The van der Waals surface area contributed by atoms with Crippen molar-refractivity contribution in [3.63, 3.8) is 0 Å². The Labute approximate surface area is 106 Å². The molecule has 0 spiro atoms. The summed E-state index contributed by atoms with van der Waals surface area (Å²) >= 11 is 0. The number of hydrogen-bond acceptors (Lipinski definition) is 3. The van der Waals surface area contributed by atoms with Gasteiger partial charge in [0.25, 0.3) is 5.92 Å².